The van der Waals surface area contributed by atoms with Gasteiger partial charge in [0.1, 0.15) is 5.65 Å². The number of primary amides is 1. The first-order valence-corrected chi connectivity index (χ1v) is 9.86. The number of benzene rings is 1. The Morgan fingerprint density at radius 1 is 1.18 bits per heavy atom. The second-order valence-corrected chi connectivity index (χ2v) is 7.36. The molecule has 0 saturated carbocycles. The van der Waals surface area contributed by atoms with Crippen LogP contribution in [0.25, 0.3) is 11.0 Å². The summed E-state index contributed by atoms with van der Waals surface area (Å²) in [7, 11) is 0. The number of piperidine rings is 1. The van der Waals surface area contributed by atoms with Crippen LogP contribution < -0.4 is 11.1 Å². The van der Waals surface area contributed by atoms with E-state index >= 15 is 0 Å². The fraction of sp³-hybridized carbons (Fsp3) is 0.381. The molecule has 146 valence electrons. The summed E-state index contributed by atoms with van der Waals surface area (Å²) < 4.78 is 1.93. The second kappa shape index (κ2) is 8.39. The summed E-state index contributed by atoms with van der Waals surface area (Å²) >= 11 is 0. The number of amides is 1. The lowest BCUT2D eigenvalue weighted by Crippen LogP contribution is -2.29. The van der Waals surface area contributed by atoms with Crippen LogP contribution in [0.15, 0.2) is 42.7 Å². The van der Waals surface area contributed by atoms with E-state index in [0.29, 0.717) is 12.5 Å². The predicted octanol–water partition coefficient (Wildman–Crippen LogP) is 3.04. The highest BCUT2D eigenvalue weighted by Gasteiger charge is 2.11. The minimum Gasteiger partial charge on any atom is -0.370 e. The van der Waals surface area contributed by atoms with Crippen LogP contribution >= 0.6 is 0 Å². The molecule has 1 saturated heterocycles. The lowest BCUT2D eigenvalue weighted by molar-refractivity contribution is -0.118. The number of rotatable bonds is 7. The first kappa shape index (κ1) is 18.4. The molecule has 3 N–H and O–H groups in total. The van der Waals surface area contributed by atoms with Crippen LogP contribution in [0.2, 0.25) is 0 Å². The van der Waals surface area contributed by atoms with Crippen LogP contribution in [0.1, 0.15) is 31.2 Å². The molecule has 0 aliphatic carbocycles. The first-order valence-electron chi connectivity index (χ1n) is 9.86. The maximum absolute atomic E-state index is 11.1. The number of hydrogen-bond acceptors (Lipinski definition) is 5. The van der Waals surface area contributed by atoms with Gasteiger partial charge in [-0.2, -0.15) is 4.98 Å². The lowest BCUT2D eigenvalue weighted by atomic mass is 10.1. The minimum absolute atomic E-state index is 0.287. The van der Waals surface area contributed by atoms with E-state index in [1.165, 1.54) is 37.9 Å². The Morgan fingerprint density at radius 3 is 2.86 bits per heavy atom. The second-order valence-electron chi connectivity index (χ2n) is 7.36. The molecular formula is C21H26N6O. The summed E-state index contributed by atoms with van der Waals surface area (Å²) in [5.74, 6) is 0.224. The summed E-state index contributed by atoms with van der Waals surface area (Å²) in [6, 6.07) is 10.4. The molecule has 28 heavy (non-hydrogen) atoms. The molecule has 7 heteroatoms. The Hall–Kier alpha value is -2.93. The van der Waals surface area contributed by atoms with Crippen molar-refractivity contribution < 1.29 is 4.79 Å². The standard InChI is InChI=1S/C21H26N6O/c22-19(28)8-12-27-11-7-17-14-23-21(25-20(17)27)24-18-6-4-5-16(13-18)15-26-9-2-1-3-10-26/h4-7,11,13-14H,1-3,8-10,12,15H2,(H2,22,28)(H,23,24,25). The van der Waals surface area contributed by atoms with Gasteiger partial charge in [-0.1, -0.05) is 18.6 Å². The Balaban J connectivity index is 1.48. The summed E-state index contributed by atoms with van der Waals surface area (Å²) in [6.45, 7) is 3.85. The summed E-state index contributed by atoms with van der Waals surface area (Å²) in [5, 5.41) is 4.25. The number of nitrogens with two attached hydrogens (primary N) is 1. The predicted molar refractivity (Wildman–Crippen MR) is 110 cm³/mol. The quantitative estimate of drug-likeness (QED) is 0.660. The SMILES string of the molecule is NC(=O)CCn1ccc2cnc(Nc3cccc(CN4CCCCC4)c3)nc21. The van der Waals surface area contributed by atoms with E-state index in [-0.39, 0.29) is 12.3 Å². The van der Waals surface area contributed by atoms with Crippen molar-refractivity contribution in [3.63, 3.8) is 0 Å². The van der Waals surface area contributed by atoms with E-state index < -0.39 is 0 Å². The third kappa shape index (κ3) is 4.48. The van der Waals surface area contributed by atoms with Crippen molar-refractivity contribution in [1.82, 2.24) is 19.4 Å². The number of aromatic nitrogens is 3. The Bertz CT molecular complexity index is 960. The number of nitrogens with one attached hydrogen (secondary N) is 1. The van der Waals surface area contributed by atoms with Gasteiger partial charge in [0.2, 0.25) is 11.9 Å². The van der Waals surface area contributed by atoms with Crippen LogP contribution in [-0.4, -0.2) is 38.4 Å². The molecule has 2 aromatic heterocycles. The van der Waals surface area contributed by atoms with Gasteiger partial charge in [0.05, 0.1) is 0 Å². The zero-order chi connectivity index (χ0) is 19.3. The fourth-order valence-corrected chi connectivity index (χ4v) is 3.69. The lowest BCUT2D eigenvalue weighted by Gasteiger charge is -2.26. The van der Waals surface area contributed by atoms with Gasteiger partial charge in [0.15, 0.2) is 0 Å². The van der Waals surface area contributed by atoms with Crippen LogP contribution in [0.5, 0.6) is 0 Å². The Morgan fingerprint density at radius 2 is 2.04 bits per heavy atom. The molecule has 4 rings (SSSR count). The molecule has 3 heterocycles. The molecule has 1 aliphatic heterocycles. The average molecular weight is 378 g/mol. The number of carbonyl (C=O) groups excluding carboxylic acids is 1. The molecule has 1 fully saturated rings. The van der Waals surface area contributed by atoms with Gasteiger partial charge < -0.3 is 15.6 Å². The maximum Gasteiger partial charge on any atom is 0.229 e. The summed E-state index contributed by atoms with van der Waals surface area (Å²) in [5.41, 5.74) is 8.33. The molecule has 0 unspecified atom stereocenters. The highest BCUT2D eigenvalue weighted by Crippen LogP contribution is 2.20. The van der Waals surface area contributed by atoms with Gasteiger partial charge in [0, 0.05) is 43.0 Å². The maximum atomic E-state index is 11.1. The van der Waals surface area contributed by atoms with Crippen LogP contribution in [-0.2, 0) is 17.9 Å². The molecule has 0 spiro atoms. The normalized spacial score (nSPS) is 15.0. The van der Waals surface area contributed by atoms with Crippen molar-refractivity contribution in [1.29, 1.82) is 0 Å². The zero-order valence-electron chi connectivity index (χ0n) is 16.0. The van der Waals surface area contributed by atoms with E-state index in [0.717, 1.165) is 23.3 Å². The van der Waals surface area contributed by atoms with Gasteiger partial charge in [-0.3, -0.25) is 9.69 Å². The van der Waals surface area contributed by atoms with Crippen LogP contribution in [0.3, 0.4) is 0 Å². The molecule has 1 amide bonds. The van der Waals surface area contributed by atoms with E-state index in [1.807, 2.05) is 22.9 Å². The fourth-order valence-electron chi connectivity index (χ4n) is 3.69. The monoisotopic (exact) mass is 378 g/mol. The molecular weight excluding hydrogens is 352 g/mol. The summed E-state index contributed by atoms with van der Waals surface area (Å²) in [4.78, 5) is 22.6. The minimum atomic E-state index is -0.320. The molecule has 7 nitrogen and oxygen atoms in total. The van der Waals surface area contributed by atoms with Crippen molar-refractivity contribution in [2.24, 2.45) is 5.73 Å². The summed E-state index contributed by atoms with van der Waals surface area (Å²) in [6.07, 6.45) is 7.92. The molecule has 0 atom stereocenters. The van der Waals surface area contributed by atoms with Gasteiger partial charge in [-0.15, -0.1) is 0 Å². The number of anilines is 2. The highest BCUT2D eigenvalue weighted by molar-refractivity contribution is 5.77. The van der Waals surface area contributed by atoms with E-state index in [4.69, 9.17) is 5.73 Å². The topological polar surface area (TPSA) is 89.1 Å². The van der Waals surface area contributed by atoms with Gasteiger partial charge in [0.25, 0.3) is 0 Å². The third-order valence-electron chi connectivity index (χ3n) is 5.14. The molecule has 0 radical (unpaired) electrons. The number of fused-ring (bicyclic) bond motifs is 1. The number of nitrogens with zero attached hydrogens (tertiary/aromatic N) is 4. The Labute approximate surface area is 164 Å². The van der Waals surface area contributed by atoms with E-state index in [2.05, 4.69) is 38.4 Å². The van der Waals surface area contributed by atoms with Gasteiger partial charge in [-0.25, -0.2) is 4.98 Å². The van der Waals surface area contributed by atoms with Gasteiger partial charge >= 0.3 is 0 Å². The first-order chi connectivity index (χ1) is 13.7. The highest BCUT2D eigenvalue weighted by atomic mass is 16.1. The largest absolute Gasteiger partial charge is 0.370 e. The van der Waals surface area contributed by atoms with E-state index in [1.54, 1.807) is 6.20 Å². The average Bonchev–Trinajstić information content (AvgIpc) is 3.10. The van der Waals surface area contributed by atoms with Crippen LogP contribution in [0, 0.1) is 0 Å². The smallest absolute Gasteiger partial charge is 0.229 e. The number of hydrogen-bond donors (Lipinski definition) is 2. The van der Waals surface area contributed by atoms with E-state index in [9.17, 15) is 4.79 Å². The van der Waals surface area contributed by atoms with Crippen molar-refractivity contribution >= 4 is 28.6 Å². The molecule has 3 aromatic rings. The van der Waals surface area contributed by atoms with Crippen molar-refractivity contribution in [3.8, 4) is 0 Å². The van der Waals surface area contributed by atoms with Crippen molar-refractivity contribution in [2.75, 3.05) is 18.4 Å². The third-order valence-corrected chi connectivity index (χ3v) is 5.14. The number of aryl methyl sites for hydroxylation is 1. The zero-order valence-corrected chi connectivity index (χ0v) is 16.0. The molecule has 1 aromatic carbocycles. The number of likely N-dealkylation sites (tertiary alicyclic amines) is 1. The number of carbonyl (C=O) groups is 1. The molecule has 1 aliphatic rings. The van der Waals surface area contributed by atoms with Crippen molar-refractivity contribution in [2.45, 2.75) is 38.8 Å². The Kier molecular flexibility index (Phi) is 5.53. The van der Waals surface area contributed by atoms with Crippen molar-refractivity contribution in [3.05, 3.63) is 48.3 Å². The van der Waals surface area contributed by atoms with Gasteiger partial charge in [-0.05, 0) is 49.7 Å². The van der Waals surface area contributed by atoms with Crippen LogP contribution in [0.4, 0.5) is 11.6 Å². The molecule has 0 bridgehead atoms.